The highest BCUT2D eigenvalue weighted by molar-refractivity contribution is 5.42. The Morgan fingerprint density at radius 3 is 2.30 bits per heavy atom. The summed E-state index contributed by atoms with van der Waals surface area (Å²) in [5, 5.41) is 21.6. The zero-order valence-electron chi connectivity index (χ0n) is 19.0. The van der Waals surface area contributed by atoms with Gasteiger partial charge in [0.25, 0.3) is 11.5 Å². The molecule has 3 aliphatic rings. The number of rotatable bonds is 8. The van der Waals surface area contributed by atoms with Gasteiger partial charge in [0, 0.05) is 35.9 Å². The van der Waals surface area contributed by atoms with E-state index in [1.54, 1.807) is 0 Å². The van der Waals surface area contributed by atoms with E-state index in [1.165, 1.54) is 12.3 Å². The van der Waals surface area contributed by atoms with Gasteiger partial charge in [0.15, 0.2) is 5.60 Å². The second-order valence-electron chi connectivity index (χ2n) is 9.97. The van der Waals surface area contributed by atoms with Gasteiger partial charge >= 0.3 is 6.18 Å². The summed E-state index contributed by atoms with van der Waals surface area (Å²) in [6.07, 6.45) is -3.91. The predicted octanol–water partition coefficient (Wildman–Crippen LogP) is 3.71. The maximum Gasteiger partial charge on any atom is 0.390 e. The predicted molar refractivity (Wildman–Crippen MR) is 112 cm³/mol. The first-order valence-corrected chi connectivity index (χ1v) is 11.2. The van der Waals surface area contributed by atoms with Crippen molar-refractivity contribution in [2.45, 2.75) is 61.9 Å². The lowest BCUT2D eigenvalue weighted by atomic mass is 9.30. The summed E-state index contributed by atoms with van der Waals surface area (Å²) in [7, 11) is 0. The highest BCUT2D eigenvalue weighted by atomic mass is 19.4. The highest BCUT2D eigenvalue weighted by Gasteiger charge is 2.82. The standard InChI is InChI=1S/C23H20F7N5O2/c24-15-1-2-16(17(25)8-15)21(37,12-35-13-31-32-33-35)23(29,30)20-9-19(10-20,11-20)14-3-5-34(18(36)7-14)6-4-22(26,27)28/h1-3,5,7-8,13,37H,4,6,9-12H2/t19?,20?,21-/m1/s1. The van der Waals surface area contributed by atoms with Gasteiger partial charge in [0.2, 0.25) is 0 Å². The van der Waals surface area contributed by atoms with Crippen molar-refractivity contribution in [3.05, 3.63) is 76.0 Å². The van der Waals surface area contributed by atoms with E-state index in [0.717, 1.165) is 33.8 Å². The molecule has 3 aliphatic carbocycles. The Kier molecular flexibility index (Phi) is 5.55. The normalized spacial score (nSPS) is 24.8. The molecular weight excluding hydrogens is 511 g/mol. The second-order valence-corrected chi connectivity index (χ2v) is 9.97. The summed E-state index contributed by atoms with van der Waals surface area (Å²) in [5.41, 5.74) is -6.81. The Bertz CT molecular complexity index is 1370. The molecule has 3 aromatic rings. The molecule has 3 saturated carbocycles. The third-order valence-corrected chi connectivity index (χ3v) is 7.62. The molecule has 7 nitrogen and oxygen atoms in total. The van der Waals surface area contributed by atoms with Gasteiger partial charge < -0.3 is 9.67 Å². The number of pyridine rings is 1. The second kappa shape index (κ2) is 8.10. The van der Waals surface area contributed by atoms with Crippen molar-refractivity contribution in [1.29, 1.82) is 0 Å². The van der Waals surface area contributed by atoms with Crippen molar-refractivity contribution < 1.29 is 35.8 Å². The summed E-state index contributed by atoms with van der Waals surface area (Å²) in [5.74, 6) is -6.31. The molecule has 2 bridgehead atoms. The van der Waals surface area contributed by atoms with Gasteiger partial charge in [-0.25, -0.2) is 22.2 Å². The lowest BCUT2D eigenvalue weighted by molar-refractivity contribution is -0.347. The molecule has 6 rings (SSSR count). The molecule has 37 heavy (non-hydrogen) atoms. The Morgan fingerprint density at radius 1 is 1.03 bits per heavy atom. The molecule has 1 atom stereocenters. The Balaban J connectivity index is 1.42. The topological polar surface area (TPSA) is 85.8 Å². The van der Waals surface area contributed by atoms with E-state index in [9.17, 15) is 31.9 Å². The van der Waals surface area contributed by atoms with E-state index >= 15 is 8.78 Å². The van der Waals surface area contributed by atoms with Crippen LogP contribution in [0.2, 0.25) is 0 Å². The minimum Gasteiger partial charge on any atom is -0.377 e. The number of aromatic nitrogens is 5. The van der Waals surface area contributed by atoms with Crippen LogP contribution in [0.3, 0.4) is 0 Å². The van der Waals surface area contributed by atoms with E-state index in [0.29, 0.717) is 11.6 Å². The lowest BCUT2D eigenvalue weighted by Gasteiger charge is -2.74. The number of tetrazole rings is 1. The van der Waals surface area contributed by atoms with Crippen LogP contribution in [0.25, 0.3) is 0 Å². The first-order valence-electron chi connectivity index (χ1n) is 11.2. The lowest BCUT2D eigenvalue weighted by Crippen LogP contribution is -2.76. The summed E-state index contributed by atoms with van der Waals surface area (Å²) in [6.45, 7) is -1.48. The largest absolute Gasteiger partial charge is 0.390 e. The fourth-order valence-electron chi connectivity index (χ4n) is 5.80. The minimum atomic E-state index is -4.44. The van der Waals surface area contributed by atoms with Crippen LogP contribution in [0.5, 0.6) is 0 Å². The van der Waals surface area contributed by atoms with Gasteiger partial charge in [-0.1, -0.05) is 0 Å². The molecule has 0 spiro atoms. The third kappa shape index (κ3) is 3.92. The van der Waals surface area contributed by atoms with Gasteiger partial charge in [0.1, 0.15) is 18.0 Å². The molecule has 0 amide bonds. The Morgan fingerprint density at radius 2 is 1.73 bits per heavy atom. The monoisotopic (exact) mass is 531 g/mol. The van der Waals surface area contributed by atoms with Crippen LogP contribution in [-0.4, -0.2) is 42.0 Å². The number of benzene rings is 1. The maximum absolute atomic E-state index is 16.2. The number of hydrogen-bond donors (Lipinski definition) is 1. The minimum absolute atomic E-state index is 0.153. The molecular formula is C23H20F7N5O2. The summed E-state index contributed by atoms with van der Waals surface area (Å²) in [6, 6.07) is 4.49. The van der Waals surface area contributed by atoms with E-state index in [1.807, 2.05) is 0 Å². The number of halogens is 7. The molecule has 0 unspecified atom stereocenters. The van der Waals surface area contributed by atoms with Crippen molar-refractivity contribution in [2.75, 3.05) is 0 Å². The van der Waals surface area contributed by atoms with Crippen LogP contribution in [0, 0.1) is 17.0 Å². The van der Waals surface area contributed by atoms with Crippen molar-refractivity contribution in [2.24, 2.45) is 5.41 Å². The van der Waals surface area contributed by atoms with Gasteiger partial charge in [-0.15, -0.1) is 5.10 Å². The fourth-order valence-corrected chi connectivity index (χ4v) is 5.80. The van der Waals surface area contributed by atoms with Crippen LogP contribution >= 0.6 is 0 Å². The number of alkyl halides is 5. The highest BCUT2D eigenvalue weighted by Crippen LogP contribution is 2.80. The van der Waals surface area contributed by atoms with Crippen LogP contribution in [-0.2, 0) is 24.1 Å². The van der Waals surface area contributed by atoms with E-state index in [2.05, 4.69) is 15.5 Å². The number of hydrogen-bond acceptors (Lipinski definition) is 5. The molecule has 0 saturated heterocycles. The molecule has 2 aromatic heterocycles. The summed E-state index contributed by atoms with van der Waals surface area (Å²) in [4.78, 5) is 12.3. The zero-order valence-corrected chi connectivity index (χ0v) is 19.0. The summed E-state index contributed by atoms with van der Waals surface area (Å²) >= 11 is 0. The van der Waals surface area contributed by atoms with Gasteiger partial charge in [-0.3, -0.25) is 4.79 Å². The van der Waals surface area contributed by atoms with Gasteiger partial charge in [-0.2, -0.15) is 13.2 Å². The number of aryl methyl sites for hydroxylation is 1. The first kappa shape index (κ1) is 25.4. The number of nitrogens with zero attached hydrogens (tertiary/aromatic N) is 5. The van der Waals surface area contributed by atoms with Crippen molar-refractivity contribution in [1.82, 2.24) is 24.8 Å². The van der Waals surface area contributed by atoms with E-state index in [-0.39, 0.29) is 19.3 Å². The van der Waals surface area contributed by atoms with E-state index in [4.69, 9.17) is 0 Å². The maximum atomic E-state index is 16.2. The molecule has 198 valence electrons. The zero-order chi connectivity index (χ0) is 26.9. The Hall–Kier alpha value is -3.29. The fraction of sp³-hybridized carbons (Fsp3) is 0.478. The molecule has 0 aliphatic heterocycles. The average molecular weight is 531 g/mol. The smallest absolute Gasteiger partial charge is 0.377 e. The molecule has 2 heterocycles. The van der Waals surface area contributed by atoms with Crippen LogP contribution in [0.4, 0.5) is 30.7 Å². The third-order valence-electron chi connectivity index (χ3n) is 7.62. The van der Waals surface area contributed by atoms with Crippen molar-refractivity contribution in [3.8, 4) is 0 Å². The Labute approximate surface area is 204 Å². The van der Waals surface area contributed by atoms with Crippen LogP contribution < -0.4 is 5.56 Å². The summed E-state index contributed by atoms with van der Waals surface area (Å²) < 4.78 is 99.7. The molecule has 1 aromatic carbocycles. The molecule has 3 fully saturated rings. The van der Waals surface area contributed by atoms with E-state index < -0.39 is 70.8 Å². The van der Waals surface area contributed by atoms with Gasteiger partial charge in [-0.05, 0) is 58.9 Å². The van der Waals surface area contributed by atoms with Crippen LogP contribution in [0.1, 0.15) is 36.8 Å². The van der Waals surface area contributed by atoms with Crippen molar-refractivity contribution >= 4 is 0 Å². The first-order chi connectivity index (χ1) is 17.2. The average Bonchev–Trinajstić information content (AvgIpc) is 3.23. The quantitative estimate of drug-likeness (QED) is 0.448. The van der Waals surface area contributed by atoms with Crippen LogP contribution in [0.15, 0.2) is 47.7 Å². The molecule has 1 N–H and O–H groups in total. The number of aliphatic hydroxyl groups is 1. The van der Waals surface area contributed by atoms with Crippen molar-refractivity contribution in [3.63, 3.8) is 0 Å². The SMILES string of the molecule is O=c1cc(C23CC(C(F)(F)[C@@](O)(Cn4cnnn4)c4ccc(F)cc4F)(C2)C3)ccn1CCC(F)(F)F. The molecule has 14 heteroatoms. The molecule has 0 radical (unpaired) electrons. The van der Waals surface area contributed by atoms with Gasteiger partial charge in [0.05, 0.1) is 13.0 Å².